The fourth-order valence-corrected chi connectivity index (χ4v) is 4.84. The third-order valence-electron chi connectivity index (χ3n) is 5.67. The van der Waals surface area contributed by atoms with Gasteiger partial charge in [0.25, 0.3) is 5.91 Å². The van der Waals surface area contributed by atoms with E-state index in [1.165, 1.54) is 16.9 Å². The summed E-state index contributed by atoms with van der Waals surface area (Å²) in [5.41, 5.74) is 1.22. The van der Waals surface area contributed by atoms with Gasteiger partial charge in [0.2, 0.25) is 0 Å². The van der Waals surface area contributed by atoms with Crippen molar-refractivity contribution in [3.8, 4) is 11.5 Å². The monoisotopic (exact) mass is 432 g/mol. The molecule has 0 N–H and O–H groups in total. The maximum Gasteiger partial charge on any atom is 0.263 e. The predicted octanol–water partition coefficient (Wildman–Crippen LogP) is 3.69. The van der Waals surface area contributed by atoms with Crippen molar-refractivity contribution in [2.45, 2.75) is 31.9 Å². The number of amides is 1. The second kappa shape index (κ2) is 10.8. The number of benzene rings is 1. The van der Waals surface area contributed by atoms with E-state index in [-0.39, 0.29) is 5.91 Å². The zero-order valence-corrected chi connectivity index (χ0v) is 19.2. The minimum atomic E-state index is 0.139. The average Bonchev–Trinajstić information content (AvgIpc) is 3.25. The normalized spacial score (nSPS) is 16.7. The summed E-state index contributed by atoms with van der Waals surface area (Å²) in [5.74, 6) is 1.65. The van der Waals surface area contributed by atoms with Crippen LogP contribution < -0.4 is 9.47 Å². The molecule has 1 aromatic heterocycles. The van der Waals surface area contributed by atoms with Crippen LogP contribution in [0.5, 0.6) is 11.5 Å². The van der Waals surface area contributed by atoms with E-state index < -0.39 is 0 Å². The molecule has 0 radical (unpaired) electrons. The van der Waals surface area contributed by atoms with Gasteiger partial charge in [0, 0.05) is 37.7 Å². The van der Waals surface area contributed by atoms with Crippen molar-refractivity contribution in [3.63, 3.8) is 0 Å². The highest BCUT2D eigenvalue weighted by Crippen LogP contribution is 2.28. The smallest absolute Gasteiger partial charge is 0.263 e. The Hall–Kier alpha value is -2.09. The Morgan fingerprint density at radius 3 is 2.70 bits per heavy atom. The molecule has 30 heavy (non-hydrogen) atoms. The van der Waals surface area contributed by atoms with Crippen molar-refractivity contribution >= 4 is 17.2 Å². The summed E-state index contributed by atoms with van der Waals surface area (Å²) in [7, 11) is 7.14. The quantitative estimate of drug-likeness (QED) is 0.605. The van der Waals surface area contributed by atoms with Gasteiger partial charge in [0.05, 0.1) is 25.7 Å². The molecule has 1 atom stereocenters. The largest absolute Gasteiger partial charge is 0.493 e. The van der Waals surface area contributed by atoms with Crippen molar-refractivity contribution in [2.75, 3.05) is 48.0 Å². The number of rotatable bonds is 9. The Morgan fingerprint density at radius 1 is 1.17 bits per heavy atom. The minimum Gasteiger partial charge on any atom is -0.493 e. The summed E-state index contributed by atoms with van der Waals surface area (Å²) >= 11 is 1.53. The second-order valence-electron chi connectivity index (χ2n) is 7.67. The van der Waals surface area contributed by atoms with E-state index in [0.717, 1.165) is 60.2 Å². The molecule has 1 amide bonds. The molecule has 3 rings (SSSR count). The summed E-state index contributed by atoms with van der Waals surface area (Å²) in [6.45, 7) is 3.09. The third kappa shape index (κ3) is 5.53. The average molecular weight is 433 g/mol. The van der Waals surface area contributed by atoms with Gasteiger partial charge in [-0.15, -0.1) is 11.3 Å². The molecular formula is C23H32N2O4S. The first-order chi connectivity index (χ1) is 14.5. The minimum absolute atomic E-state index is 0.139. The molecule has 1 aromatic carbocycles. The van der Waals surface area contributed by atoms with E-state index in [0.29, 0.717) is 12.6 Å². The van der Waals surface area contributed by atoms with Gasteiger partial charge in [-0.25, -0.2) is 0 Å². The van der Waals surface area contributed by atoms with Gasteiger partial charge in [0.1, 0.15) is 0 Å². The molecule has 0 saturated carbocycles. The van der Waals surface area contributed by atoms with Gasteiger partial charge in [0.15, 0.2) is 11.5 Å². The van der Waals surface area contributed by atoms with Crippen molar-refractivity contribution in [2.24, 2.45) is 0 Å². The van der Waals surface area contributed by atoms with Gasteiger partial charge in [-0.05, 0) is 56.1 Å². The SMILES string of the molecule is COCc1ccc(C(=O)N2CCC[C@H](N(C)CCc3ccc(OC)c(OC)c3)C2)s1. The van der Waals surface area contributed by atoms with Crippen molar-refractivity contribution in [3.05, 3.63) is 45.6 Å². The zero-order valence-electron chi connectivity index (χ0n) is 18.3. The molecule has 2 heterocycles. The zero-order chi connectivity index (χ0) is 21.5. The number of carbonyl (C=O) groups excluding carboxylic acids is 1. The summed E-state index contributed by atoms with van der Waals surface area (Å²) < 4.78 is 15.9. The number of likely N-dealkylation sites (tertiary alicyclic amines) is 1. The van der Waals surface area contributed by atoms with Crippen LogP contribution in [0.4, 0.5) is 0 Å². The lowest BCUT2D eigenvalue weighted by molar-refractivity contribution is 0.0616. The summed E-state index contributed by atoms with van der Waals surface area (Å²) in [6, 6.07) is 10.4. The number of ether oxygens (including phenoxy) is 3. The van der Waals surface area contributed by atoms with E-state index in [2.05, 4.69) is 18.0 Å². The van der Waals surface area contributed by atoms with Crippen molar-refractivity contribution < 1.29 is 19.0 Å². The van der Waals surface area contributed by atoms with Crippen LogP contribution in [-0.4, -0.2) is 69.8 Å². The molecule has 6 nitrogen and oxygen atoms in total. The molecule has 7 heteroatoms. The van der Waals surface area contributed by atoms with E-state index in [1.807, 2.05) is 29.2 Å². The fourth-order valence-electron chi connectivity index (χ4n) is 3.89. The van der Waals surface area contributed by atoms with Gasteiger partial charge in [-0.2, -0.15) is 0 Å². The number of methoxy groups -OCH3 is 3. The topological polar surface area (TPSA) is 51.2 Å². The number of hydrogen-bond acceptors (Lipinski definition) is 6. The molecule has 1 aliphatic rings. The van der Waals surface area contributed by atoms with Crippen LogP contribution in [0.25, 0.3) is 0 Å². The van der Waals surface area contributed by atoms with Crippen LogP contribution in [0.15, 0.2) is 30.3 Å². The van der Waals surface area contributed by atoms with Gasteiger partial charge in [-0.1, -0.05) is 6.07 Å². The van der Waals surface area contributed by atoms with E-state index in [1.54, 1.807) is 21.3 Å². The lowest BCUT2D eigenvalue weighted by Crippen LogP contribution is -2.48. The van der Waals surface area contributed by atoms with Gasteiger partial charge >= 0.3 is 0 Å². The number of nitrogens with zero attached hydrogens (tertiary/aromatic N) is 2. The molecule has 0 unspecified atom stereocenters. The van der Waals surface area contributed by atoms with E-state index in [4.69, 9.17) is 14.2 Å². The number of piperidine rings is 1. The Morgan fingerprint density at radius 2 is 1.97 bits per heavy atom. The molecule has 0 aliphatic carbocycles. The predicted molar refractivity (Wildman–Crippen MR) is 120 cm³/mol. The fraction of sp³-hybridized carbons (Fsp3) is 0.522. The highest BCUT2D eigenvalue weighted by molar-refractivity contribution is 7.14. The Balaban J connectivity index is 1.56. The lowest BCUT2D eigenvalue weighted by atomic mass is 10.0. The highest BCUT2D eigenvalue weighted by Gasteiger charge is 2.27. The molecular weight excluding hydrogens is 400 g/mol. The second-order valence-corrected chi connectivity index (χ2v) is 8.83. The molecule has 0 bridgehead atoms. The first-order valence-corrected chi connectivity index (χ1v) is 11.2. The van der Waals surface area contributed by atoms with Crippen molar-refractivity contribution in [1.29, 1.82) is 0 Å². The third-order valence-corrected chi connectivity index (χ3v) is 6.71. The van der Waals surface area contributed by atoms with E-state index in [9.17, 15) is 4.79 Å². The van der Waals surface area contributed by atoms with Crippen LogP contribution >= 0.6 is 11.3 Å². The van der Waals surface area contributed by atoms with Crippen LogP contribution in [0.2, 0.25) is 0 Å². The van der Waals surface area contributed by atoms with E-state index >= 15 is 0 Å². The van der Waals surface area contributed by atoms with Crippen LogP contribution in [0, 0.1) is 0 Å². The Labute approximate surface area is 183 Å². The number of carbonyl (C=O) groups is 1. The molecule has 1 aliphatic heterocycles. The van der Waals surface area contributed by atoms with Gasteiger partial charge in [-0.3, -0.25) is 4.79 Å². The highest BCUT2D eigenvalue weighted by atomic mass is 32.1. The summed E-state index contributed by atoms with van der Waals surface area (Å²) in [5, 5.41) is 0. The van der Waals surface area contributed by atoms with Crippen LogP contribution in [0.3, 0.4) is 0 Å². The first kappa shape index (κ1) is 22.6. The Kier molecular flexibility index (Phi) is 8.13. The number of thiophene rings is 1. The molecule has 1 fully saturated rings. The van der Waals surface area contributed by atoms with Crippen LogP contribution in [0.1, 0.15) is 33.0 Å². The molecule has 164 valence electrons. The van der Waals surface area contributed by atoms with Crippen molar-refractivity contribution in [1.82, 2.24) is 9.80 Å². The standard InChI is InChI=1S/C23H32N2O4S/c1-24(13-11-17-7-9-20(28-3)21(14-17)29-4)18-6-5-12-25(15-18)23(26)22-10-8-19(30-22)16-27-2/h7-10,14,18H,5-6,11-13,15-16H2,1-4H3/t18-/m0/s1. The van der Waals surface area contributed by atoms with Gasteiger partial charge < -0.3 is 24.0 Å². The summed E-state index contributed by atoms with van der Waals surface area (Å²) in [6.07, 6.45) is 3.07. The molecule has 1 saturated heterocycles. The Bertz CT molecular complexity index is 838. The lowest BCUT2D eigenvalue weighted by Gasteiger charge is -2.37. The first-order valence-electron chi connectivity index (χ1n) is 10.3. The number of likely N-dealkylation sites (N-methyl/N-ethyl adjacent to an activating group) is 1. The van der Waals surface area contributed by atoms with Crippen LogP contribution in [-0.2, 0) is 17.8 Å². The maximum absolute atomic E-state index is 12.9. The number of hydrogen-bond donors (Lipinski definition) is 0. The molecule has 2 aromatic rings. The summed E-state index contributed by atoms with van der Waals surface area (Å²) in [4.78, 5) is 19.2. The molecule has 0 spiro atoms. The maximum atomic E-state index is 12.9.